The van der Waals surface area contributed by atoms with Gasteiger partial charge in [-0.25, -0.2) is 0 Å². The van der Waals surface area contributed by atoms with Crippen molar-refractivity contribution in [2.24, 2.45) is 0 Å². The second-order valence-corrected chi connectivity index (χ2v) is 5.08. The molecule has 80 valence electrons. The smallest absolute Gasteiger partial charge is 0.229 e. The summed E-state index contributed by atoms with van der Waals surface area (Å²) in [6, 6.07) is 0. The predicted molar refractivity (Wildman–Crippen MR) is 56.1 cm³/mol. The Morgan fingerprint density at radius 3 is 2.71 bits per heavy atom. The highest BCUT2D eigenvalue weighted by Crippen LogP contribution is 2.15. The molecule has 0 aliphatic carbocycles. The Hall–Kier alpha value is -0.550. The molecule has 0 fully saturated rings. The van der Waals surface area contributed by atoms with Crippen LogP contribution in [-0.4, -0.2) is 26.6 Å². The number of aliphatic hydroxyl groups excluding tert-OH is 1. The first kappa shape index (κ1) is 11.5. The molecule has 0 aliphatic rings. The lowest BCUT2D eigenvalue weighted by molar-refractivity contribution is 0.181. The maximum Gasteiger partial charge on any atom is 0.229 e. The molecule has 5 heteroatoms. The van der Waals surface area contributed by atoms with Crippen molar-refractivity contribution in [3.63, 3.8) is 0 Å². The lowest BCUT2D eigenvalue weighted by Gasteiger charge is -1.99. The standard InChI is InChI=1S/C9H16N2O2S/c1-6(2)14-5-8-10-9(13-11-8)4-7(3)12/h6-7,12H,4-5H2,1-3H3. The summed E-state index contributed by atoms with van der Waals surface area (Å²) in [5.74, 6) is 1.99. The van der Waals surface area contributed by atoms with Gasteiger partial charge in [-0.3, -0.25) is 0 Å². The lowest BCUT2D eigenvalue weighted by atomic mass is 10.3. The van der Waals surface area contributed by atoms with E-state index in [0.29, 0.717) is 23.4 Å². The van der Waals surface area contributed by atoms with Crippen molar-refractivity contribution in [2.75, 3.05) is 0 Å². The molecule has 1 rings (SSSR count). The monoisotopic (exact) mass is 216 g/mol. The second kappa shape index (κ2) is 5.36. The topological polar surface area (TPSA) is 59.2 Å². The highest BCUT2D eigenvalue weighted by atomic mass is 32.2. The van der Waals surface area contributed by atoms with Crippen LogP contribution < -0.4 is 0 Å². The minimum Gasteiger partial charge on any atom is -0.393 e. The van der Waals surface area contributed by atoms with Crippen molar-refractivity contribution in [1.29, 1.82) is 0 Å². The molecule has 0 spiro atoms. The van der Waals surface area contributed by atoms with Gasteiger partial charge in [0.1, 0.15) is 0 Å². The van der Waals surface area contributed by atoms with Crippen molar-refractivity contribution in [3.8, 4) is 0 Å². The Balaban J connectivity index is 2.42. The van der Waals surface area contributed by atoms with Crippen molar-refractivity contribution in [2.45, 2.75) is 44.3 Å². The van der Waals surface area contributed by atoms with E-state index in [1.54, 1.807) is 18.7 Å². The van der Waals surface area contributed by atoms with Crippen LogP contribution in [0.2, 0.25) is 0 Å². The summed E-state index contributed by atoms with van der Waals surface area (Å²) < 4.78 is 4.97. The third kappa shape index (κ3) is 4.11. The van der Waals surface area contributed by atoms with Crippen LogP contribution in [0.3, 0.4) is 0 Å². The number of aliphatic hydroxyl groups is 1. The number of hydrogen-bond donors (Lipinski definition) is 1. The van der Waals surface area contributed by atoms with Crippen LogP contribution in [0.4, 0.5) is 0 Å². The summed E-state index contributed by atoms with van der Waals surface area (Å²) in [5.41, 5.74) is 0. The van der Waals surface area contributed by atoms with E-state index < -0.39 is 6.10 Å². The third-order valence-corrected chi connectivity index (χ3v) is 2.62. The van der Waals surface area contributed by atoms with E-state index in [9.17, 15) is 0 Å². The van der Waals surface area contributed by atoms with Crippen LogP contribution in [-0.2, 0) is 12.2 Å². The first-order chi connectivity index (χ1) is 6.58. The maximum atomic E-state index is 9.10. The van der Waals surface area contributed by atoms with E-state index in [0.717, 1.165) is 5.75 Å². The molecular formula is C9H16N2O2S. The highest BCUT2D eigenvalue weighted by Gasteiger charge is 2.09. The lowest BCUT2D eigenvalue weighted by Crippen LogP contribution is -2.04. The van der Waals surface area contributed by atoms with Crippen LogP contribution in [0.1, 0.15) is 32.5 Å². The van der Waals surface area contributed by atoms with Crippen molar-refractivity contribution < 1.29 is 9.63 Å². The first-order valence-electron chi connectivity index (χ1n) is 4.69. The summed E-state index contributed by atoms with van der Waals surface area (Å²) in [7, 11) is 0. The summed E-state index contributed by atoms with van der Waals surface area (Å²) in [5, 5.41) is 13.5. The average Bonchev–Trinajstić information content (AvgIpc) is 2.47. The first-order valence-corrected chi connectivity index (χ1v) is 5.74. The van der Waals surface area contributed by atoms with E-state index in [1.165, 1.54) is 0 Å². The molecule has 0 radical (unpaired) electrons. The fourth-order valence-electron chi connectivity index (χ4n) is 0.926. The van der Waals surface area contributed by atoms with Gasteiger partial charge in [-0.15, -0.1) is 0 Å². The summed E-state index contributed by atoms with van der Waals surface area (Å²) in [6.07, 6.45) is 0.000324. The largest absolute Gasteiger partial charge is 0.393 e. The zero-order valence-electron chi connectivity index (χ0n) is 8.73. The molecule has 0 saturated carbocycles. The molecule has 0 bridgehead atoms. The zero-order valence-corrected chi connectivity index (χ0v) is 9.54. The Labute approximate surface area is 88.1 Å². The van der Waals surface area contributed by atoms with Gasteiger partial charge < -0.3 is 9.63 Å². The highest BCUT2D eigenvalue weighted by molar-refractivity contribution is 7.99. The van der Waals surface area contributed by atoms with Crippen LogP contribution in [0.15, 0.2) is 4.52 Å². The zero-order chi connectivity index (χ0) is 10.6. The molecule has 0 saturated heterocycles. The summed E-state index contributed by atoms with van der Waals surface area (Å²) in [6.45, 7) is 5.95. The fraction of sp³-hybridized carbons (Fsp3) is 0.778. The van der Waals surface area contributed by atoms with Crippen molar-refractivity contribution in [3.05, 3.63) is 11.7 Å². The number of thioether (sulfide) groups is 1. The van der Waals surface area contributed by atoms with Crippen LogP contribution in [0.25, 0.3) is 0 Å². The van der Waals surface area contributed by atoms with E-state index in [-0.39, 0.29) is 0 Å². The fourth-order valence-corrected chi connectivity index (χ4v) is 1.53. The van der Waals surface area contributed by atoms with E-state index in [2.05, 4.69) is 24.0 Å². The molecule has 1 heterocycles. The summed E-state index contributed by atoms with van der Waals surface area (Å²) >= 11 is 1.77. The van der Waals surface area contributed by atoms with Gasteiger partial charge in [0.2, 0.25) is 5.89 Å². The van der Waals surface area contributed by atoms with Gasteiger partial charge in [0.05, 0.1) is 18.3 Å². The SMILES string of the molecule is CC(O)Cc1nc(CSC(C)C)no1. The Morgan fingerprint density at radius 1 is 1.43 bits per heavy atom. The number of aromatic nitrogens is 2. The predicted octanol–water partition coefficient (Wildman–Crippen LogP) is 1.63. The molecule has 1 atom stereocenters. The minimum atomic E-state index is -0.430. The van der Waals surface area contributed by atoms with E-state index >= 15 is 0 Å². The van der Waals surface area contributed by atoms with Gasteiger partial charge in [-0.1, -0.05) is 19.0 Å². The van der Waals surface area contributed by atoms with E-state index in [1.807, 2.05) is 0 Å². The van der Waals surface area contributed by atoms with Gasteiger partial charge in [0.15, 0.2) is 5.82 Å². The van der Waals surface area contributed by atoms with Crippen LogP contribution >= 0.6 is 11.8 Å². The van der Waals surface area contributed by atoms with Gasteiger partial charge in [-0.2, -0.15) is 16.7 Å². The van der Waals surface area contributed by atoms with Gasteiger partial charge >= 0.3 is 0 Å². The number of nitrogens with zero attached hydrogens (tertiary/aromatic N) is 2. The second-order valence-electron chi connectivity index (χ2n) is 3.52. The van der Waals surface area contributed by atoms with Gasteiger partial charge in [-0.05, 0) is 12.2 Å². The number of hydrogen-bond acceptors (Lipinski definition) is 5. The molecule has 0 aliphatic heterocycles. The molecule has 1 unspecified atom stereocenters. The Kier molecular flexibility index (Phi) is 4.41. The van der Waals surface area contributed by atoms with Crippen LogP contribution in [0.5, 0.6) is 0 Å². The molecular weight excluding hydrogens is 200 g/mol. The molecule has 1 aromatic heterocycles. The molecule has 1 aromatic rings. The van der Waals surface area contributed by atoms with Crippen molar-refractivity contribution >= 4 is 11.8 Å². The van der Waals surface area contributed by atoms with E-state index in [4.69, 9.17) is 9.63 Å². The Morgan fingerprint density at radius 2 is 2.14 bits per heavy atom. The quantitative estimate of drug-likeness (QED) is 0.810. The third-order valence-electron chi connectivity index (χ3n) is 1.53. The summed E-state index contributed by atoms with van der Waals surface area (Å²) in [4.78, 5) is 4.16. The Bertz CT molecular complexity index is 274. The minimum absolute atomic E-state index is 0.430. The van der Waals surface area contributed by atoms with Gasteiger partial charge in [0, 0.05) is 0 Å². The maximum absolute atomic E-state index is 9.10. The molecule has 0 aromatic carbocycles. The molecule has 14 heavy (non-hydrogen) atoms. The van der Waals surface area contributed by atoms with Crippen molar-refractivity contribution in [1.82, 2.24) is 10.1 Å². The molecule has 0 amide bonds. The average molecular weight is 216 g/mol. The van der Waals surface area contributed by atoms with Gasteiger partial charge in [0.25, 0.3) is 0 Å². The van der Waals surface area contributed by atoms with Crippen LogP contribution in [0, 0.1) is 0 Å². The molecule has 1 N–H and O–H groups in total. The number of rotatable bonds is 5. The molecule has 4 nitrogen and oxygen atoms in total. The normalized spacial score (nSPS) is 13.5.